The summed E-state index contributed by atoms with van der Waals surface area (Å²) in [5.74, 6) is 0. The van der Waals surface area contributed by atoms with E-state index in [9.17, 15) is 4.79 Å². The maximum atomic E-state index is 11.8. The molecule has 2 heterocycles. The molecule has 1 amide bonds. The first-order chi connectivity index (χ1) is 12.3. The minimum absolute atomic E-state index is 0.106. The van der Waals surface area contributed by atoms with Crippen LogP contribution in [0.5, 0.6) is 0 Å². The van der Waals surface area contributed by atoms with Gasteiger partial charge in [-0.15, -0.1) is 0 Å². The molecule has 0 bridgehead atoms. The van der Waals surface area contributed by atoms with Crippen molar-refractivity contribution in [3.8, 4) is 0 Å². The van der Waals surface area contributed by atoms with Gasteiger partial charge < -0.3 is 15.0 Å². The lowest BCUT2D eigenvalue weighted by molar-refractivity contribution is 0.0945. The summed E-state index contributed by atoms with van der Waals surface area (Å²) in [6.07, 6.45) is 5.35. The number of nitrogens with one attached hydrogen (secondary N) is 1. The van der Waals surface area contributed by atoms with E-state index in [4.69, 9.17) is 4.74 Å². The molecule has 25 heavy (non-hydrogen) atoms. The predicted octanol–water partition coefficient (Wildman–Crippen LogP) is 3.38. The number of carbonyl (C=O) groups is 1. The van der Waals surface area contributed by atoms with Gasteiger partial charge in [0.05, 0.1) is 12.6 Å². The van der Waals surface area contributed by atoms with Crippen LogP contribution in [0.15, 0.2) is 54.9 Å². The van der Waals surface area contributed by atoms with Crippen molar-refractivity contribution in [1.82, 2.24) is 15.2 Å². The fourth-order valence-corrected chi connectivity index (χ4v) is 3.26. The molecule has 132 valence electrons. The average Bonchev–Trinajstić information content (AvgIpc) is 2.68. The monoisotopic (exact) mass is 339 g/mol. The van der Waals surface area contributed by atoms with Crippen LogP contribution in [0.3, 0.4) is 0 Å². The third-order valence-electron chi connectivity index (χ3n) is 4.57. The van der Waals surface area contributed by atoms with Crippen LogP contribution < -0.4 is 5.32 Å². The minimum Gasteiger partial charge on any atom is -0.450 e. The van der Waals surface area contributed by atoms with Gasteiger partial charge in [0.25, 0.3) is 0 Å². The predicted molar refractivity (Wildman–Crippen MR) is 97.3 cm³/mol. The normalized spacial score (nSPS) is 16.4. The van der Waals surface area contributed by atoms with Crippen LogP contribution in [0, 0.1) is 0 Å². The lowest BCUT2D eigenvalue weighted by Gasteiger charge is -2.34. The zero-order chi connectivity index (χ0) is 17.5. The summed E-state index contributed by atoms with van der Waals surface area (Å²) in [6.45, 7) is 3.72. The number of hydrogen-bond donors (Lipinski definition) is 1. The Bertz CT molecular complexity index is 616. The van der Waals surface area contributed by atoms with E-state index >= 15 is 0 Å². The molecule has 1 atom stereocenters. The lowest BCUT2D eigenvalue weighted by atomic mass is 9.96. The summed E-state index contributed by atoms with van der Waals surface area (Å²) in [5, 5.41) is 3.76. The molecule has 1 aromatic heterocycles. The van der Waals surface area contributed by atoms with Crippen molar-refractivity contribution in [1.29, 1.82) is 0 Å². The van der Waals surface area contributed by atoms with E-state index in [1.807, 2.05) is 25.3 Å². The van der Waals surface area contributed by atoms with Crippen LogP contribution in [-0.2, 0) is 4.74 Å². The summed E-state index contributed by atoms with van der Waals surface area (Å²) in [5.41, 5.74) is 2.38. The van der Waals surface area contributed by atoms with Crippen molar-refractivity contribution < 1.29 is 9.53 Å². The van der Waals surface area contributed by atoms with Crippen LogP contribution in [-0.4, -0.2) is 41.7 Å². The molecule has 1 aliphatic rings. The van der Waals surface area contributed by atoms with Crippen molar-refractivity contribution in [3.05, 3.63) is 66.0 Å². The van der Waals surface area contributed by atoms with E-state index in [-0.39, 0.29) is 12.1 Å². The topological polar surface area (TPSA) is 54.5 Å². The Morgan fingerprint density at radius 2 is 1.92 bits per heavy atom. The summed E-state index contributed by atoms with van der Waals surface area (Å²) in [4.78, 5) is 17.9. The maximum Gasteiger partial charge on any atom is 0.409 e. The number of hydrogen-bond acceptors (Lipinski definition) is 4. The van der Waals surface area contributed by atoms with Crippen molar-refractivity contribution in [2.24, 2.45) is 0 Å². The van der Waals surface area contributed by atoms with Crippen LogP contribution >= 0.6 is 0 Å². The Morgan fingerprint density at radius 3 is 2.56 bits per heavy atom. The van der Waals surface area contributed by atoms with Gasteiger partial charge in [0.2, 0.25) is 0 Å². The third kappa shape index (κ3) is 4.57. The third-order valence-corrected chi connectivity index (χ3v) is 4.57. The highest BCUT2D eigenvalue weighted by Gasteiger charge is 2.26. The van der Waals surface area contributed by atoms with Crippen LogP contribution in [0.4, 0.5) is 4.79 Å². The molecule has 3 rings (SSSR count). The number of pyridine rings is 1. The molecule has 1 fully saturated rings. The molecule has 0 radical (unpaired) electrons. The standard InChI is InChI=1S/C20H25N3O2/c1-2-25-20(24)23-13-10-18(11-14-23)22-19(16-7-4-3-5-8-16)17-9-6-12-21-15-17/h3-9,12,15,18-19,22H,2,10-11,13-14H2,1H3. The summed E-state index contributed by atoms with van der Waals surface area (Å²) >= 11 is 0. The van der Waals surface area contributed by atoms with Crippen molar-refractivity contribution in [3.63, 3.8) is 0 Å². The molecule has 1 aliphatic heterocycles. The fraction of sp³-hybridized carbons (Fsp3) is 0.400. The van der Waals surface area contributed by atoms with E-state index < -0.39 is 0 Å². The Balaban J connectivity index is 1.67. The molecule has 5 heteroatoms. The number of nitrogens with zero attached hydrogens (tertiary/aromatic N) is 2. The molecule has 2 aromatic rings. The summed E-state index contributed by atoms with van der Waals surface area (Å²) in [7, 11) is 0. The maximum absolute atomic E-state index is 11.8. The Hall–Kier alpha value is -2.40. The quantitative estimate of drug-likeness (QED) is 0.907. The number of aromatic nitrogens is 1. The largest absolute Gasteiger partial charge is 0.450 e. The van der Waals surface area contributed by atoms with E-state index in [2.05, 4.69) is 40.6 Å². The summed E-state index contributed by atoms with van der Waals surface area (Å²) in [6, 6.07) is 15.0. The van der Waals surface area contributed by atoms with Gasteiger partial charge in [-0.3, -0.25) is 4.98 Å². The van der Waals surface area contributed by atoms with Gasteiger partial charge in [-0.1, -0.05) is 36.4 Å². The van der Waals surface area contributed by atoms with E-state index in [1.165, 1.54) is 5.56 Å². The number of benzene rings is 1. The van der Waals surface area contributed by atoms with Crippen molar-refractivity contribution in [2.75, 3.05) is 19.7 Å². The lowest BCUT2D eigenvalue weighted by Crippen LogP contribution is -2.46. The molecule has 1 N–H and O–H groups in total. The number of rotatable bonds is 5. The highest BCUT2D eigenvalue weighted by atomic mass is 16.6. The van der Waals surface area contributed by atoms with Gasteiger partial charge in [-0.05, 0) is 37.0 Å². The zero-order valence-corrected chi connectivity index (χ0v) is 14.6. The minimum atomic E-state index is -0.201. The summed E-state index contributed by atoms with van der Waals surface area (Å²) < 4.78 is 5.09. The first-order valence-corrected chi connectivity index (χ1v) is 8.90. The molecule has 1 unspecified atom stereocenters. The molecule has 0 aliphatic carbocycles. The van der Waals surface area contributed by atoms with Gasteiger partial charge in [-0.25, -0.2) is 4.79 Å². The second-order valence-electron chi connectivity index (χ2n) is 6.26. The Kier molecular flexibility index (Phi) is 6.01. The van der Waals surface area contributed by atoms with Crippen molar-refractivity contribution in [2.45, 2.75) is 31.8 Å². The number of piperidine rings is 1. The van der Waals surface area contributed by atoms with Gasteiger partial charge in [0, 0.05) is 31.5 Å². The molecular weight excluding hydrogens is 314 g/mol. The fourth-order valence-electron chi connectivity index (χ4n) is 3.26. The molecule has 1 aromatic carbocycles. The Morgan fingerprint density at radius 1 is 1.20 bits per heavy atom. The number of carbonyl (C=O) groups excluding carboxylic acids is 1. The second-order valence-corrected chi connectivity index (χ2v) is 6.26. The second kappa shape index (κ2) is 8.62. The first kappa shape index (κ1) is 17.4. The van der Waals surface area contributed by atoms with Crippen LogP contribution in [0.25, 0.3) is 0 Å². The van der Waals surface area contributed by atoms with E-state index in [0.717, 1.165) is 31.5 Å². The molecular formula is C20H25N3O2. The van der Waals surface area contributed by atoms with Crippen LogP contribution in [0.1, 0.15) is 36.9 Å². The van der Waals surface area contributed by atoms with Gasteiger partial charge >= 0.3 is 6.09 Å². The smallest absolute Gasteiger partial charge is 0.409 e. The molecule has 5 nitrogen and oxygen atoms in total. The molecule has 0 saturated carbocycles. The SMILES string of the molecule is CCOC(=O)N1CCC(NC(c2ccccc2)c2cccnc2)CC1. The molecule has 0 spiro atoms. The van der Waals surface area contributed by atoms with Gasteiger partial charge in [-0.2, -0.15) is 0 Å². The number of likely N-dealkylation sites (tertiary alicyclic amines) is 1. The average molecular weight is 339 g/mol. The highest BCUT2D eigenvalue weighted by molar-refractivity contribution is 5.67. The van der Waals surface area contributed by atoms with Crippen LogP contribution in [0.2, 0.25) is 0 Å². The number of amides is 1. The van der Waals surface area contributed by atoms with E-state index in [0.29, 0.717) is 12.6 Å². The number of ether oxygens (including phenoxy) is 1. The van der Waals surface area contributed by atoms with Gasteiger partial charge in [0.1, 0.15) is 0 Å². The van der Waals surface area contributed by atoms with Gasteiger partial charge in [0.15, 0.2) is 0 Å². The molecule has 1 saturated heterocycles. The van der Waals surface area contributed by atoms with E-state index in [1.54, 1.807) is 11.1 Å². The van der Waals surface area contributed by atoms with Crippen molar-refractivity contribution >= 4 is 6.09 Å². The zero-order valence-electron chi connectivity index (χ0n) is 14.6. The highest BCUT2D eigenvalue weighted by Crippen LogP contribution is 2.24. The Labute approximate surface area is 149 Å². The first-order valence-electron chi connectivity index (χ1n) is 8.90.